The van der Waals surface area contributed by atoms with E-state index >= 15 is 0 Å². The maximum Gasteiger partial charge on any atom is 0.472 e. The van der Waals surface area contributed by atoms with Crippen molar-refractivity contribution in [2.75, 3.05) is 20.4 Å². The highest BCUT2D eigenvalue weighted by Gasteiger charge is 2.48. The fourth-order valence-electron chi connectivity index (χ4n) is 3.28. The van der Waals surface area contributed by atoms with Gasteiger partial charge in [0, 0.05) is 26.5 Å². The van der Waals surface area contributed by atoms with Crippen LogP contribution in [0.4, 0.5) is 0 Å². The number of aromatic nitrogens is 2. The van der Waals surface area contributed by atoms with E-state index in [4.69, 9.17) is 19.0 Å². The summed E-state index contributed by atoms with van der Waals surface area (Å²) in [4.78, 5) is 53.5. The van der Waals surface area contributed by atoms with Crippen molar-refractivity contribution in [1.82, 2.24) is 9.55 Å². The molecule has 14 heteroatoms. The first kappa shape index (κ1) is 22.2. The quantitative estimate of drug-likeness (QED) is 0.406. The van der Waals surface area contributed by atoms with Gasteiger partial charge in [0.05, 0.1) is 12.2 Å². The number of nitrogens with one attached hydrogen (secondary N) is 1. The monoisotopic (exact) mass is 428 g/mol. The van der Waals surface area contributed by atoms with Crippen LogP contribution in [0.1, 0.15) is 18.9 Å². The van der Waals surface area contributed by atoms with Crippen LogP contribution in [0, 0.1) is 5.92 Å². The molecule has 1 fully saturated rings. The largest absolute Gasteiger partial charge is 0.472 e. The molecule has 0 aromatic carbocycles. The summed E-state index contributed by atoms with van der Waals surface area (Å²) in [6.45, 7) is 0. The molecule has 0 bridgehead atoms. The minimum absolute atomic E-state index is 0.0346. The van der Waals surface area contributed by atoms with E-state index in [1.807, 2.05) is 0 Å². The molecule has 5 atom stereocenters. The van der Waals surface area contributed by atoms with E-state index in [1.54, 1.807) is 0 Å². The number of aromatic amines is 1. The Balaban J connectivity index is 2.39. The molecule has 154 valence electrons. The van der Waals surface area contributed by atoms with Gasteiger partial charge in [-0.25, -0.2) is 9.36 Å². The van der Waals surface area contributed by atoms with Gasteiger partial charge in [-0.2, -0.15) is 0 Å². The molecule has 0 amide bonds. The Morgan fingerprint density at radius 3 is 2.41 bits per heavy atom. The predicted molar refractivity (Wildman–Crippen MR) is 92.5 cm³/mol. The number of hydrogen-bond acceptors (Lipinski definition) is 7. The average Bonchev–Trinajstić information content (AvgIpc) is 2.89. The first-order chi connectivity index (χ1) is 12.5. The lowest BCUT2D eigenvalue weighted by molar-refractivity contribution is -0.0250. The second kappa shape index (κ2) is 8.50. The SMILES string of the molecule is CO[C@@H]1[C@H](OP(=O)(O)OC)[C@@H](CCP(=O)(O)O)C[C@H]1n1ccc(=O)[nH]c1=O. The topological polar surface area (TPSA) is 177 Å². The van der Waals surface area contributed by atoms with Crippen LogP contribution >= 0.6 is 15.4 Å². The summed E-state index contributed by atoms with van der Waals surface area (Å²) in [5.41, 5.74) is -1.30. The van der Waals surface area contributed by atoms with Crippen molar-refractivity contribution >= 4 is 15.4 Å². The standard InChI is InChI=1S/C13H22N2O10P2/c1-23-12-9(15-5-3-10(16)14-13(15)17)7-8(4-6-26(18,19)20)11(12)25-27(21,22)24-2/h3,5,8-9,11-12H,4,6-7H2,1-2H3,(H,21,22)(H,14,16,17)(H2,18,19,20)/t8-,9+,11+,12-/m0/s1. The summed E-state index contributed by atoms with van der Waals surface area (Å²) in [6.07, 6.45) is -1.04. The summed E-state index contributed by atoms with van der Waals surface area (Å²) in [5, 5.41) is 0. The van der Waals surface area contributed by atoms with Crippen LogP contribution in [-0.4, -0.2) is 56.8 Å². The maximum absolute atomic E-state index is 12.1. The zero-order valence-corrected chi connectivity index (χ0v) is 16.4. The zero-order chi connectivity index (χ0) is 20.4. The van der Waals surface area contributed by atoms with Crippen molar-refractivity contribution in [3.8, 4) is 0 Å². The van der Waals surface area contributed by atoms with E-state index in [0.717, 1.165) is 13.2 Å². The lowest BCUT2D eigenvalue weighted by Gasteiger charge is -2.27. The number of phosphoric acid groups is 1. The van der Waals surface area contributed by atoms with Gasteiger partial charge in [-0.15, -0.1) is 0 Å². The number of H-pyrrole nitrogens is 1. The minimum atomic E-state index is -4.43. The molecule has 12 nitrogen and oxygen atoms in total. The van der Waals surface area contributed by atoms with Crippen LogP contribution in [0.5, 0.6) is 0 Å². The second-order valence-corrected chi connectivity index (χ2v) is 9.47. The molecule has 1 aliphatic rings. The van der Waals surface area contributed by atoms with E-state index in [-0.39, 0.29) is 12.8 Å². The molecule has 2 rings (SSSR count). The number of hydrogen-bond donors (Lipinski definition) is 4. The van der Waals surface area contributed by atoms with Gasteiger partial charge in [0.2, 0.25) is 0 Å². The van der Waals surface area contributed by atoms with Crippen molar-refractivity contribution in [2.24, 2.45) is 5.92 Å². The molecule has 0 radical (unpaired) electrons. The number of nitrogens with zero attached hydrogens (tertiary/aromatic N) is 1. The molecule has 1 unspecified atom stereocenters. The summed E-state index contributed by atoms with van der Waals surface area (Å²) in [7, 11) is -6.46. The molecule has 1 aromatic heterocycles. The van der Waals surface area contributed by atoms with E-state index in [1.165, 1.54) is 17.9 Å². The van der Waals surface area contributed by atoms with Gasteiger partial charge >= 0.3 is 21.1 Å². The fourth-order valence-corrected chi connectivity index (χ4v) is 4.63. The highest BCUT2D eigenvalue weighted by molar-refractivity contribution is 7.51. The fraction of sp³-hybridized carbons (Fsp3) is 0.692. The lowest BCUT2D eigenvalue weighted by atomic mass is 10.0. The summed E-state index contributed by atoms with van der Waals surface area (Å²) < 4.78 is 39.3. The van der Waals surface area contributed by atoms with Gasteiger partial charge in [-0.3, -0.25) is 28.0 Å². The molecule has 1 saturated carbocycles. The number of ether oxygens (including phenoxy) is 1. The Bertz CT molecular complexity index is 861. The molecule has 4 N–H and O–H groups in total. The number of methoxy groups -OCH3 is 1. The Labute approximate surface area is 153 Å². The van der Waals surface area contributed by atoms with Gasteiger partial charge in [0.1, 0.15) is 12.2 Å². The highest BCUT2D eigenvalue weighted by Crippen LogP contribution is 2.51. The molecule has 0 saturated heterocycles. The Morgan fingerprint density at radius 2 is 1.89 bits per heavy atom. The molecular weight excluding hydrogens is 406 g/mol. The Kier molecular flexibility index (Phi) is 6.99. The van der Waals surface area contributed by atoms with Crippen LogP contribution < -0.4 is 11.2 Å². The average molecular weight is 428 g/mol. The third kappa shape index (κ3) is 5.69. The van der Waals surface area contributed by atoms with Gasteiger partial charge in [0.25, 0.3) is 5.56 Å². The van der Waals surface area contributed by atoms with Crippen LogP contribution in [-0.2, 0) is 22.9 Å². The van der Waals surface area contributed by atoms with Gasteiger partial charge < -0.3 is 19.4 Å². The molecule has 0 spiro atoms. The van der Waals surface area contributed by atoms with Crippen molar-refractivity contribution < 1.29 is 37.6 Å². The molecule has 1 aromatic rings. The van der Waals surface area contributed by atoms with Crippen molar-refractivity contribution in [2.45, 2.75) is 31.1 Å². The molecule has 1 aliphatic carbocycles. The van der Waals surface area contributed by atoms with E-state index in [2.05, 4.69) is 9.51 Å². The third-order valence-corrected chi connectivity index (χ3v) is 6.28. The third-order valence-electron chi connectivity index (χ3n) is 4.47. The first-order valence-corrected chi connectivity index (χ1v) is 11.2. The van der Waals surface area contributed by atoms with Gasteiger partial charge in [-0.1, -0.05) is 0 Å². The van der Waals surface area contributed by atoms with Gasteiger partial charge in [0.15, 0.2) is 0 Å². The summed E-state index contributed by atoms with van der Waals surface area (Å²) >= 11 is 0. The Morgan fingerprint density at radius 1 is 1.22 bits per heavy atom. The summed E-state index contributed by atoms with van der Waals surface area (Å²) in [6, 6.07) is 0.446. The van der Waals surface area contributed by atoms with Crippen molar-refractivity contribution in [3.05, 3.63) is 33.1 Å². The normalized spacial score (nSPS) is 28.2. The first-order valence-electron chi connectivity index (χ1n) is 7.93. The highest BCUT2D eigenvalue weighted by atomic mass is 31.2. The van der Waals surface area contributed by atoms with E-state index in [0.29, 0.717) is 0 Å². The molecule has 1 heterocycles. The smallest absolute Gasteiger partial charge is 0.377 e. The maximum atomic E-state index is 12.1. The van der Waals surface area contributed by atoms with Crippen LogP contribution in [0.25, 0.3) is 0 Å². The van der Waals surface area contributed by atoms with E-state index in [9.17, 15) is 23.6 Å². The zero-order valence-electron chi connectivity index (χ0n) is 14.6. The van der Waals surface area contributed by atoms with Crippen LogP contribution in [0.15, 0.2) is 21.9 Å². The number of phosphoric ester groups is 1. The number of rotatable bonds is 8. The molecule has 27 heavy (non-hydrogen) atoms. The van der Waals surface area contributed by atoms with Gasteiger partial charge in [-0.05, 0) is 18.8 Å². The van der Waals surface area contributed by atoms with Crippen LogP contribution in [0.2, 0.25) is 0 Å². The van der Waals surface area contributed by atoms with Crippen molar-refractivity contribution in [3.63, 3.8) is 0 Å². The Hall–Kier alpha value is -1.10. The predicted octanol–water partition coefficient (Wildman–Crippen LogP) is -0.188. The molecule has 0 aliphatic heterocycles. The van der Waals surface area contributed by atoms with Crippen molar-refractivity contribution in [1.29, 1.82) is 0 Å². The lowest BCUT2D eigenvalue weighted by Crippen LogP contribution is -2.38. The second-order valence-electron chi connectivity index (χ2n) is 6.18. The van der Waals surface area contributed by atoms with Crippen LogP contribution in [0.3, 0.4) is 0 Å². The van der Waals surface area contributed by atoms with E-state index < -0.39 is 57.0 Å². The summed E-state index contributed by atoms with van der Waals surface area (Å²) in [5.74, 6) is -0.609. The minimum Gasteiger partial charge on any atom is -0.377 e. The molecular formula is C13H22N2O10P2.